The van der Waals surface area contributed by atoms with Crippen molar-refractivity contribution in [3.05, 3.63) is 54.1 Å². The molecule has 1 aromatic rings. The van der Waals surface area contributed by atoms with Gasteiger partial charge in [-0.25, -0.2) is 4.21 Å². The van der Waals surface area contributed by atoms with Crippen LogP contribution < -0.4 is 0 Å². The number of allylic oxidation sites excluding steroid dienone is 4. The zero-order chi connectivity index (χ0) is 9.80. The van der Waals surface area contributed by atoms with Gasteiger partial charge in [0, 0.05) is 6.42 Å². The Morgan fingerprint density at radius 2 is 1.93 bits per heavy atom. The van der Waals surface area contributed by atoms with Crippen molar-refractivity contribution in [1.29, 1.82) is 0 Å². The van der Waals surface area contributed by atoms with E-state index < -0.39 is 0 Å². The van der Waals surface area contributed by atoms with Crippen LogP contribution in [0.4, 0.5) is 0 Å². The molecule has 1 aliphatic carbocycles. The molecule has 0 N–H and O–H groups in total. The first-order chi connectivity index (χ1) is 6.92. The van der Waals surface area contributed by atoms with Crippen LogP contribution in [0.5, 0.6) is 0 Å². The monoisotopic (exact) mass is 202 g/mol. The maximum atomic E-state index is 10.9. The van der Waals surface area contributed by atoms with E-state index >= 15 is 0 Å². The van der Waals surface area contributed by atoms with Crippen molar-refractivity contribution < 1.29 is 4.21 Å². The summed E-state index contributed by atoms with van der Waals surface area (Å²) in [5.41, 5.74) is 2.18. The van der Waals surface area contributed by atoms with E-state index in [1.54, 1.807) is 0 Å². The summed E-state index contributed by atoms with van der Waals surface area (Å²) in [6.07, 6.45) is 6.77. The van der Waals surface area contributed by atoms with Crippen LogP contribution in [-0.4, -0.2) is 9.07 Å². The van der Waals surface area contributed by atoms with Crippen LogP contribution in [-0.2, 0) is 11.3 Å². The first-order valence-electron chi connectivity index (χ1n) is 4.50. The maximum absolute atomic E-state index is 10.9. The SMILES string of the molecule is O=S=C1CC=CC=C1c1ccccc1. The molecular formula is C12H10OS. The summed E-state index contributed by atoms with van der Waals surface area (Å²) >= 11 is 0.596. The molecule has 0 atom stereocenters. The fourth-order valence-electron chi connectivity index (χ4n) is 1.50. The van der Waals surface area contributed by atoms with Gasteiger partial charge in [0.1, 0.15) is 0 Å². The molecular weight excluding hydrogens is 192 g/mol. The van der Waals surface area contributed by atoms with E-state index in [1.807, 2.05) is 48.6 Å². The quantitative estimate of drug-likeness (QED) is 0.639. The standard InChI is InChI=1S/C12H10OS/c13-14-12-9-5-4-8-11(12)10-6-2-1-3-7-10/h1-8H,9H2. The van der Waals surface area contributed by atoms with Gasteiger partial charge in [-0.3, -0.25) is 0 Å². The topological polar surface area (TPSA) is 17.1 Å². The maximum Gasteiger partial charge on any atom is 0.0930 e. The summed E-state index contributed by atoms with van der Waals surface area (Å²) in [5.74, 6) is 0. The van der Waals surface area contributed by atoms with Crippen LogP contribution >= 0.6 is 0 Å². The van der Waals surface area contributed by atoms with Crippen molar-refractivity contribution in [2.24, 2.45) is 0 Å². The van der Waals surface area contributed by atoms with Crippen molar-refractivity contribution in [2.45, 2.75) is 6.42 Å². The Morgan fingerprint density at radius 3 is 2.64 bits per heavy atom. The highest BCUT2D eigenvalue weighted by atomic mass is 32.1. The molecule has 0 heterocycles. The predicted octanol–water partition coefficient (Wildman–Crippen LogP) is 2.42. The van der Waals surface area contributed by atoms with Crippen LogP contribution in [0.1, 0.15) is 12.0 Å². The van der Waals surface area contributed by atoms with Crippen LogP contribution in [0, 0.1) is 0 Å². The molecule has 14 heavy (non-hydrogen) atoms. The number of benzene rings is 1. The summed E-state index contributed by atoms with van der Waals surface area (Å²) < 4.78 is 10.9. The van der Waals surface area contributed by atoms with Crippen molar-refractivity contribution in [3.8, 4) is 0 Å². The minimum Gasteiger partial charge on any atom is -0.212 e. The van der Waals surface area contributed by atoms with Gasteiger partial charge in [-0.1, -0.05) is 48.6 Å². The van der Waals surface area contributed by atoms with E-state index in [2.05, 4.69) is 0 Å². The molecule has 0 aliphatic heterocycles. The lowest BCUT2D eigenvalue weighted by molar-refractivity contribution is 0.701. The highest BCUT2D eigenvalue weighted by molar-refractivity contribution is 7.67. The van der Waals surface area contributed by atoms with Crippen LogP contribution in [0.25, 0.3) is 5.57 Å². The molecule has 0 bridgehead atoms. The van der Waals surface area contributed by atoms with E-state index in [4.69, 9.17) is 0 Å². The zero-order valence-electron chi connectivity index (χ0n) is 7.64. The van der Waals surface area contributed by atoms with Gasteiger partial charge in [-0.05, 0) is 11.1 Å². The van der Waals surface area contributed by atoms with Gasteiger partial charge >= 0.3 is 0 Å². The Balaban J connectivity index is 2.48. The van der Waals surface area contributed by atoms with E-state index in [-0.39, 0.29) is 0 Å². The zero-order valence-corrected chi connectivity index (χ0v) is 8.46. The number of rotatable bonds is 1. The number of hydrogen-bond donors (Lipinski definition) is 0. The first-order valence-corrected chi connectivity index (χ1v) is 5.24. The van der Waals surface area contributed by atoms with Gasteiger partial charge in [0.2, 0.25) is 0 Å². The second-order valence-electron chi connectivity index (χ2n) is 3.09. The summed E-state index contributed by atoms with van der Waals surface area (Å²) in [5, 5.41) is 0. The summed E-state index contributed by atoms with van der Waals surface area (Å²) in [6.45, 7) is 0. The molecule has 0 spiro atoms. The molecule has 1 nitrogen and oxygen atoms in total. The molecule has 0 aromatic heterocycles. The molecule has 0 fully saturated rings. The fourth-order valence-corrected chi connectivity index (χ4v) is 1.94. The first kappa shape index (κ1) is 9.16. The Bertz CT molecular complexity index is 437. The van der Waals surface area contributed by atoms with Gasteiger partial charge in [0.15, 0.2) is 0 Å². The third-order valence-corrected chi connectivity index (χ3v) is 2.78. The van der Waals surface area contributed by atoms with Crippen molar-refractivity contribution in [3.63, 3.8) is 0 Å². The number of hydrogen-bond acceptors (Lipinski definition) is 1. The molecule has 2 rings (SSSR count). The average Bonchev–Trinajstić information content (AvgIpc) is 2.30. The summed E-state index contributed by atoms with van der Waals surface area (Å²) in [7, 11) is 0. The van der Waals surface area contributed by atoms with Crippen LogP contribution in [0.3, 0.4) is 0 Å². The Kier molecular flexibility index (Phi) is 2.75. The molecule has 0 unspecified atom stereocenters. The van der Waals surface area contributed by atoms with Crippen molar-refractivity contribution in [2.75, 3.05) is 0 Å². The third kappa shape index (κ3) is 1.75. The Hall–Kier alpha value is -1.41. The third-order valence-electron chi connectivity index (χ3n) is 2.19. The van der Waals surface area contributed by atoms with Gasteiger partial charge in [-0.2, -0.15) is 0 Å². The normalized spacial score (nSPS) is 15.1. The molecule has 1 aliphatic rings. The fraction of sp³-hybridized carbons (Fsp3) is 0.0833. The average molecular weight is 202 g/mol. The van der Waals surface area contributed by atoms with Gasteiger partial charge in [-0.15, -0.1) is 0 Å². The highest BCUT2D eigenvalue weighted by Gasteiger charge is 2.09. The highest BCUT2D eigenvalue weighted by Crippen LogP contribution is 2.20. The van der Waals surface area contributed by atoms with Crippen LogP contribution in [0.2, 0.25) is 0 Å². The van der Waals surface area contributed by atoms with E-state index in [0.29, 0.717) is 11.3 Å². The van der Waals surface area contributed by atoms with E-state index in [9.17, 15) is 4.21 Å². The lowest BCUT2D eigenvalue weighted by Crippen LogP contribution is -2.03. The van der Waals surface area contributed by atoms with Crippen molar-refractivity contribution >= 4 is 21.7 Å². The summed E-state index contributed by atoms with van der Waals surface area (Å²) in [4.78, 5) is 0.902. The van der Waals surface area contributed by atoms with E-state index in [0.717, 1.165) is 22.4 Å². The Labute approximate surface area is 86.8 Å². The van der Waals surface area contributed by atoms with Crippen LogP contribution in [0.15, 0.2) is 48.6 Å². The Morgan fingerprint density at radius 1 is 1.14 bits per heavy atom. The molecule has 0 saturated carbocycles. The van der Waals surface area contributed by atoms with Gasteiger partial charge < -0.3 is 0 Å². The molecule has 70 valence electrons. The minimum absolute atomic E-state index is 0.596. The van der Waals surface area contributed by atoms with Gasteiger partial charge in [0.05, 0.1) is 16.1 Å². The molecule has 0 radical (unpaired) electrons. The summed E-state index contributed by atoms with van der Waals surface area (Å²) in [6, 6.07) is 10.0. The van der Waals surface area contributed by atoms with Crippen molar-refractivity contribution in [1.82, 2.24) is 0 Å². The largest absolute Gasteiger partial charge is 0.212 e. The molecule has 0 amide bonds. The van der Waals surface area contributed by atoms with Gasteiger partial charge in [0.25, 0.3) is 0 Å². The molecule has 2 heteroatoms. The second-order valence-corrected chi connectivity index (χ2v) is 3.74. The molecule has 0 saturated heterocycles. The second kappa shape index (κ2) is 4.20. The minimum atomic E-state index is 0.596. The predicted molar refractivity (Wildman–Crippen MR) is 61.3 cm³/mol. The smallest absolute Gasteiger partial charge is 0.0930 e. The lowest BCUT2D eigenvalue weighted by Gasteiger charge is -2.09. The van der Waals surface area contributed by atoms with E-state index in [1.165, 1.54) is 0 Å². The lowest BCUT2D eigenvalue weighted by atomic mass is 9.97. The molecule has 1 aromatic carbocycles.